The number of benzene rings is 1. The maximum Gasteiger partial charge on any atom is 0.340 e. The van der Waals surface area contributed by atoms with Crippen LogP contribution in [-0.2, 0) is 14.3 Å². The Labute approximate surface area is 162 Å². The molecule has 0 radical (unpaired) electrons. The van der Waals surface area contributed by atoms with Crippen molar-refractivity contribution in [3.63, 3.8) is 0 Å². The number of nitrogens with one attached hydrogen (secondary N) is 1. The van der Waals surface area contributed by atoms with E-state index in [1.165, 1.54) is 25.7 Å². The molecule has 0 atom stereocenters. The molecule has 0 saturated carbocycles. The third-order valence-electron chi connectivity index (χ3n) is 4.14. The second kappa shape index (κ2) is 14.0. The summed E-state index contributed by atoms with van der Waals surface area (Å²) >= 11 is 0. The summed E-state index contributed by atoms with van der Waals surface area (Å²) in [5, 5.41) is 2.70. The first-order valence-electron chi connectivity index (χ1n) is 10.0. The largest absolute Gasteiger partial charge is 0.462 e. The lowest BCUT2D eigenvalue weighted by molar-refractivity contribution is -0.120. The summed E-state index contributed by atoms with van der Waals surface area (Å²) in [5.74, 6) is -0.777. The molecule has 0 heterocycles. The van der Waals surface area contributed by atoms with Gasteiger partial charge in [0.2, 0.25) is 5.91 Å². The van der Waals surface area contributed by atoms with Gasteiger partial charge in [-0.15, -0.1) is 0 Å². The fraction of sp³-hybridized carbons (Fsp3) is 0.619. The lowest BCUT2D eigenvalue weighted by Gasteiger charge is -2.12. The first kappa shape index (κ1) is 23.0. The Morgan fingerprint density at radius 1 is 0.963 bits per heavy atom. The summed E-state index contributed by atoms with van der Waals surface area (Å²) in [6, 6.07) is 4.74. The molecule has 0 fully saturated rings. The molecule has 0 aliphatic heterocycles. The normalized spacial score (nSPS) is 10.6. The Bertz CT molecular complexity index is 575. The van der Waals surface area contributed by atoms with Crippen molar-refractivity contribution >= 4 is 23.3 Å². The van der Waals surface area contributed by atoms with Crippen LogP contribution in [0.4, 0.5) is 11.4 Å². The van der Waals surface area contributed by atoms with E-state index < -0.39 is 5.97 Å². The SMILES string of the molecule is CCCCCCCCOCC(=O)Nc1cc(N)ccc1C(=O)OCCCC. The highest BCUT2D eigenvalue weighted by Gasteiger charge is 2.15. The number of nitrogens with two attached hydrogens (primary N) is 1. The molecule has 0 spiro atoms. The van der Waals surface area contributed by atoms with Crippen LogP contribution in [0, 0.1) is 0 Å². The van der Waals surface area contributed by atoms with Crippen molar-refractivity contribution in [2.24, 2.45) is 0 Å². The minimum atomic E-state index is -0.466. The van der Waals surface area contributed by atoms with Crippen LogP contribution >= 0.6 is 0 Å². The van der Waals surface area contributed by atoms with E-state index in [1.807, 2.05) is 6.92 Å². The number of unbranched alkanes of at least 4 members (excludes halogenated alkanes) is 6. The van der Waals surface area contributed by atoms with Gasteiger partial charge in [0.05, 0.1) is 17.9 Å². The molecule has 0 unspecified atom stereocenters. The van der Waals surface area contributed by atoms with Crippen molar-refractivity contribution < 1.29 is 19.1 Å². The van der Waals surface area contributed by atoms with Gasteiger partial charge < -0.3 is 20.5 Å². The number of hydrogen-bond donors (Lipinski definition) is 2. The third kappa shape index (κ3) is 9.99. The Hall–Kier alpha value is -2.08. The highest BCUT2D eigenvalue weighted by Crippen LogP contribution is 2.20. The van der Waals surface area contributed by atoms with Crippen LogP contribution in [-0.4, -0.2) is 31.7 Å². The molecular weight excluding hydrogens is 344 g/mol. The monoisotopic (exact) mass is 378 g/mol. The van der Waals surface area contributed by atoms with Crippen LogP contribution in [0.5, 0.6) is 0 Å². The van der Waals surface area contributed by atoms with Crippen molar-refractivity contribution in [3.05, 3.63) is 23.8 Å². The van der Waals surface area contributed by atoms with Gasteiger partial charge in [0.25, 0.3) is 0 Å². The summed E-state index contributed by atoms with van der Waals surface area (Å²) in [7, 11) is 0. The van der Waals surface area contributed by atoms with Crippen molar-refractivity contribution in [1.29, 1.82) is 0 Å². The molecule has 0 aliphatic rings. The van der Waals surface area contributed by atoms with Crippen molar-refractivity contribution in [1.82, 2.24) is 0 Å². The zero-order chi connectivity index (χ0) is 19.9. The Kier molecular flexibility index (Phi) is 11.9. The van der Waals surface area contributed by atoms with Gasteiger partial charge in [-0.2, -0.15) is 0 Å². The summed E-state index contributed by atoms with van der Waals surface area (Å²) in [6.45, 7) is 5.08. The molecule has 152 valence electrons. The van der Waals surface area contributed by atoms with Crippen molar-refractivity contribution in [2.75, 3.05) is 30.9 Å². The zero-order valence-corrected chi connectivity index (χ0v) is 16.7. The lowest BCUT2D eigenvalue weighted by atomic mass is 10.1. The fourth-order valence-corrected chi connectivity index (χ4v) is 2.57. The number of esters is 1. The average Bonchev–Trinajstić information content (AvgIpc) is 2.64. The van der Waals surface area contributed by atoms with Gasteiger partial charge in [-0.1, -0.05) is 52.4 Å². The molecule has 0 saturated heterocycles. The molecule has 27 heavy (non-hydrogen) atoms. The Morgan fingerprint density at radius 3 is 2.41 bits per heavy atom. The summed E-state index contributed by atoms with van der Waals surface area (Å²) in [4.78, 5) is 24.3. The summed E-state index contributed by atoms with van der Waals surface area (Å²) in [6.07, 6.45) is 8.76. The predicted molar refractivity (Wildman–Crippen MR) is 109 cm³/mol. The van der Waals surface area contributed by atoms with E-state index in [2.05, 4.69) is 12.2 Å². The van der Waals surface area contributed by atoms with Gasteiger partial charge in [0.1, 0.15) is 6.61 Å². The van der Waals surface area contributed by atoms with Crippen LogP contribution in [0.2, 0.25) is 0 Å². The van der Waals surface area contributed by atoms with E-state index in [9.17, 15) is 9.59 Å². The number of hydrogen-bond acceptors (Lipinski definition) is 5. The number of anilines is 2. The molecule has 0 aliphatic carbocycles. The van der Waals surface area contributed by atoms with Gasteiger partial charge in [-0.25, -0.2) is 4.79 Å². The number of carbonyl (C=O) groups excluding carboxylic acids is 2. The lowest BCUT2D eigenvalue weighted by Crippen LogP contribution is -2.21. The molecular formula is C21H34N2O4. The van der Waals surface area contributed by atoms with E-state index in [4.69, 9.17) is 15.2 Å². The van der Waals surface area contributed by atoms with Crippen LogP contribution in [0.1, 0.15) is 75.6 Å². The number of nitrogen functional groups attached to an aromatic ring is 1. The van der Waals surface area contributed by atoms with Crippen LogP contribution in [0.3, 0.4) is 0 Å². The number of amides is 1. The van der Waals surface area contributed by atoms with E-state index in [1.54, 1.807) is 18.2 Å². The smallest absolute Gasteiger partial charge is 0.340 e. The van der Waals surface area contributed by atoms with Crippen LogP contribution < -0.4 is 11.1 Å². The highest BCUT2D eigenvalue weighted by molar-refractivity contribution is 6.02. The van der Waals surface area contributed by atoms with Crippen molar-refractivity contribution in [3.8, 4) is 0 Å². The predicted octanol–water partition coefficient (Wildman–Crippen LogP) is 4.54. The topological polar surface area (TPSA) is 90.6 Å². The van der Waals surface area contributed by atoms with Gasteiger partial charge in [0.15, 0.2) is 0 Å². The molecule has 0 bridgehead atoms. The molecule has 6 nitrogen and oxygen atoms in total. The highest BCUT2D eigenvalue weighted by atomic mass is 16.5. The van der Waals surface area contributed by atoms with Gasteiger partial charge >= 0.3 is 5.97 Å². The molecule has 0 aromatic heterocycles. The minimum Gasteiger partial charge on any atom is -0.462 e. The standard InChI is InChI=1S/C21H34N2O4/c1-3-5-7-8-9-10-13-26-16-20(24)23-19-15-17(22)11-12-18(19)21(25)27-14-6-4-2/h11-12,15H,3-10,13-14,16,22H2,1-2H3,(H,23,24). The van der Waals surface area contributed by atoms with E-state index in [0.717, 1.165) is 25.7 Å². The van der Waals surface area contributed by atoms with Gasteiger partial charge in [0, 0.05) is 12.3 Å². The second-order valence-electron chi connectivity index (χ2n) is 6.66. The number of carbonyl (C=O) groups is 2. The third-order valence-corrected chi connectivity index (χ3v) is 4.14. The van der Waals surface area contributed by atoms with Crippen molar-refractivity contribution in [2.45, 2.75) is 65.2 Å². The fourth-order valence-electron chi connectivity index (χ4n) is 2.57. The van der Waals surface area contributed by atoms with Crippen LogP contribution in [0.15, 0.2) is 18.2 Å². The molecule has 1 amide bonds. The molecule has 1 aromatic carbocycles. The number of rotatable bonds is 14. The maximum atomic E-state index is 12.2. The first-order chi connectivity index (χ1) is 13.1. The van der Waals surface area contributed by atoms with Crippen LogP contribution in [0.25, 0.3) is 0 Å². The number of ether oxygens (including phenoxy) is 2. The average molecular weight is 379 g/mol. The maximum absolute atomic E-state index is 12.2. The van der Waals surface area contributed by atoms with E-state index in [-0.39, 0.29) is 12.5 Å². The second-order valence-corrected chi connectivity index (χ2v) is 6.66. The molecule has 6 heteroatoms. The minimum absolute atomic E-state index is 0.0475. The Balaban J connectivity index is 2.42. The molecule has 1 aromatic rings. The van der Waals surface area contributed by atoms with E-state index >= 15 is 0 Å². The quantitative estimate of drug-likeness (QED) is 0.282. The summed E-state index contributed by atoms with van der Waals surface area (Å²) < 4.78 is 10.6. The first-order valence-corrected chi connectivity index (χ1v) is 10.0. The molecule has 1 rings (SSSR count). The Morgan fingerprint density at radius 2 is 1.67 bits per heavy atom. The summed E-state index contributed by atoms with van der Waals surface area (Å²) in [5.41, 5.74) is 6.89. The van der Waals surface area contributed by atoms with Gasteiger partial charge in [-0.05, 0) is 31.0 Å². The van der Waals surface area contributed by atoms with E-state index in [0.29, 0.717) is 30.2 Å². The van der Waals surface area contributed by atoms with Gasteiger partial charge in [-0.3, -0.25) is 4.79 Å². The molecule has 3 N–H and O–H groups in total. The zero-order valence-electron chi connectivity index (χ0n) is 16.7.